The Balaban J connectivity index is 2.31. The van der Waals surface area contributed by atoms with E-state index in [1.165, 1.54) is 0 Å². The van der Waals surface area contributed by atoms with Crippen molar-refractivity contribution in [1.29, 1.82) is 0 Å². The van der Waals surface area contributed by atoms with Crippen LogP contribution in [0.25, 0.3) is 16.7 Å². The van der Waals surface area contributed by atoms with E-state index in [0.29, 0.717) is 16.5 Å². The first-order chi connectivity index (χ1) is 8.66. The van der Waals surface area contributed by atoms with Crippen LogP contribution in [-0.2, 0) is 0 Å². The van der Waals surface area contributed by atoms with Crippen LogP contribution in [0.15, 0.2) is 45.9 Å². The predicted octanol–water partition coefficient (Wildman–Crippen LogP) is 2.43. The first-order valence-electron chi connectivity index (χ1n) is 5.40. The first-order valence-corrected chi connectivity index (χ1v) is 5.40. The van der Waals surface area contributed by atoms with Gasteiger partial charge in [-0.05, 0) is 25.1 Å². The molecule has 0 bridgehead atoms. The highest BCUT2D eigenvalue weighted by Gasteiger charge is 2.11. The second-order valence-corrected chi connectivity index (χ2v) is 3.96. The average molecular weight is 244 g/mol. The van der Waals surface area contributed by atoms with E-state index in [2.05, 4.69) is 5.10 Å². The summed E-state index contributed by atoms with van der Waals surface area (Å²) in [6, 6.07) is 6.96. The summed E-state index contributed by atoms with van der Waals surface area (Å²) in [5.74, 6) is -0.839. The van der Waals surface area contributed by atoms with Crippen LogP contribution in [0.2, 0.25) is 0 Å². The average Bonchev–Trinajstić information content (AvgIpc) is 2.89. The Bertz CT molecular complexity index is 776. The van der Waals surface area contributed by atoms with E-state index in [1.807, 2.05) is 0 Å². The maximum Gasteiger partial charge on any atom is 0.372 e. The van der Waals surface area contributed by atoms with Crippen LogP contribution in [0.1, 0.15) is 5.56 Å². The third kappa shape index (κ3) is 1.52. The fourth-order valence-electron chi connectivity index (χ4n) is 1.89. The number of nitrogens with zero attached hydrogens (tertiary/aromatic N) is 2. The van der Waals surface area contributed by atoms with E-state index in [-0.39, 0.29) is 0 Å². The van der Waals surface area contributed by atoms with Gasteiger partial charge in [0.2, 0.25) is 5.82 Å². The maximum atomic E-state index is 13.4. The van der Waals surface area contributed by atoms with Crippen molar-refractivity contribution in [3.8, 4) is 5.69 Å². The Kier molecular flexibility index (Phi) is 2.26. The molecule has 0 N–H and O–H groups in total. The zero-order chi connectivity index (χ0) is 12.7. The molecule has 0 atom stereocenters. The molecule has 0 saturated carbocycles. The van der Waals surface area contributed by atoms with Crippen LogP contribution < -0.4 is 5.63 Å². The molecule has 0 unspecified atom stereocenters. The molecule has 0 aliphatic heterocycles. The molecule has 1 aromatic carbocycles. The molecule has 18 heavy (non-hydrogen) atoms. The Morgan fingerprint density at radius 1 is 1.39 bits per heavy atom. The van der Waals surface area contributed by atoms with Gasteiger partial charge < -0.3 is 4.42 Å². The van der Waals surface area contributed by atoms with Gasteiger partial charge in [0.05, 0.1) is 5.69 Å². The van der Waals surface area contributed by atoms with Crippen molar-refractivity contribution >= 4 is 11.0 Å². The van der Waals surface area contributed by atoms with Gasteiger partial charge >= 0.3 is 5.63 Å². The van der Waals surface area contributed by atoms with Gasteiger partial charge in [0.25, 0.3) is 0 Å². The van der Waals surface area contributed by atoms with Gasteiger partial charge in [0.15, 0.2) is 0 Å². The number of hydrogen-bond donors (Lipinski definition) is 0. The van der Waals surface area contributed by atoms with Gasteiger partial charge in [-0.25, -0.2) is 9.48 Å². The maximum absolute atomic E-state index is 13.4. The zero-order valence-corrected chi connectivity index (χ0v) is 9.55. The van der Waals surface area contributed by atoms with E-state index in [9.17, 15) is 9.18 Å². The summed E-state index contributed by atoms with van der Waals surface area (Å²) in [6.07, 6.45) is 3.42. The molecule has 0 amide bonds. The molecule has 2 aromatic heterocycles. The molecule has 3 rings (SSSR count). The Labute approximate surface area is 101 Å². The molecule has 0 saturated heterocycles. The summed E-state index contributed by atoms with van der Waals surface area (Å²) in [4.78, 5) is 11.3. The van der Waals surface area contributed by atoms with E-state index < -0.39 is 11.4 Å². The second kappa shape index (κ2) is 3.80. The minimum Gasteiger partial charge on any atom is -0.421 e. The van der Waals surface area contributed by atoms with Crippen molar-refractivity contribution < 1.29 is 8.81 Å². The van der Waals surface area contributed by atoms with Gasteiger partial charge in [-0.2, -0.15) is 9.49 Å². The third-order valence-corrected chi connectivity index (χ3v) is 2.85. The molecule has 3 aromatic rings. The van der Waals surface area contributed by atoms with Crippen molar-refractivity contribution in [2.75, 3.05) is 0 Å². The molecule has 90 valence electrons. The highest BCUT2D eigenvalue weighted by Crippen LogP contribution is 2.21. The number of benzene rings is 1. The molecular weight excluding hydrogens is 235 g/mol. The van der Waals surface area contributed by atoms with Crippen LogP contribution >= 0.6 is 0 Å². The Hall–Kier alpha value is -2.43. The SMILES string of the molecule is Cc1c(F)c(=O)oc2cc(-n3cccn3)ccc12. The lowest BCUT2D eigenvalue weighted by atomic mass is 10.1. The van der Waals surface area contributed by atoms with Crippen LogP contribution in [0, 0.1) is 12.7 Å². The third-order valence-electron chi connectivity index (χ3n) is 2.85. The van der Waals surface area contributed by atoms with Crippen LogP contribution in [0.3, 0.4) is 0 Å². The topological polar surface area (TPSA) is 48.0 Å². The highest BCUT2D eigenvalue weighted by atomic mass is 19.1. The number of hydrogen-bond acceptors (Lipinski definition) is 3. The zero-order valence-electron chi connectivity index (χ0n) is 9.55. The van der Waals surface area contributed by atoms with Crippen LogP contribution in [0.4, 0.5) is 4.39 Å². The second-order valence-electron chi connectivity index (χ2n) is 3.96. The van der Waals surface area contributed by atoms with Crippen molar-refractivity contribution in [1.82, 2.24) is 9.78 Å². The Morgan fingerprint density at radius 2 is 2.22 bits per heavy atom. The summed E-state index contributed by atoms with van der Waals surface area (Å²) in [6.45, 7) is 1.56. The highest BCUT2D eigenvalue weighted by molar-refractivity contribution is 5.82. The standard InChI is InChI=1S/C13H9FN2O2/c1-8-10-4-3-9(16-6-2-5-15-16)7-11(10)18-13(17)12(8)14/h2-7H,1H3. The van der Waals surface area contributed by atoms with Crippen molar-refractivity contribution in [2.45, 2.75) is 6.92 Å². The lowest BCUT2D eigenvalue weighted by Gasteiger charge is -2.05. The number of rotatable bonds is 1. The van der Waals surface area contributed by atoms with Crippen LogP contribution in [-0.4, -0.2) is 9.78 Å². The molecular formula is C13H9FN2O2. The van der Waals surface area contributed by atoms with Gasteiger partial charge in [-0.1, -0.05) is 0 Å². The van der Waals surface area contributed by atoms with E-state index in [1.54, 1.807) is 48.3 Å². The number of fused-ring (bicyclic) bond motifs is 1. The molecule has 0 aliphatic rings. The van der Waals surface area contributed by atoms with Crippen molar-refractivity contribution in [3.63, 3.8) is 0 Å². The number of halogens is 1. The van der Waals surface area contributed by atoms with Gasteiger partial charge in [-0.3, -0.25) is 0 Å². The van der Waals surface area contributed by atoms with Gasteiger partial charge in [0.1, 0.15) is 5.58 Å². The summed E-state index contributed by atoms with van der Waals surface area (Å²) in [5, 5.41) is 4.66. The molecule has 0 spiro atoms. The number of aromatic nitrogens is 2. The fourth-order valence-corrected chi connectivity index (χ4v) is 1.89. The van der Waals surface area contributed by atoms with E-state index in [4.69, 9.17) is 4.42 Å². The molecule has 2 heterocycles. The normalized spacial score (nSPS) is 11.0. The largest absolute Gasteiger partial charge is 0.421 e. The smallest absolute Gasteiger partial charge is 0.372 e. The summed E-state index contributed by atoms with van der Waals surface area (Å²) in [7, 11) is 0. The van der Waals surface area contributed by atoms with Gasteiger partial charge in [-0.15, -0.1) is 0 Å². The molecule has 0 radical (unpaired) electrons. The van der Waals surface area contributed by atoms with Crippen molar-refractivity contribution in [3.05, 3.63) is 58.5 Å². The molecule has 4 nitrogen and oxygen atoms in total. The van der Waals surface area contributed by atoms with Crippen LogP contribution in [0.5, 0.6) is 0 Å². The summed E-state index contributed by atoms with van der Waals surface area (Å²) < 4.78 is 20.0. The molecule has 5 heteroatoms. The first kappa shape index (κ1) is 10.7. The summed E-state index contributed by atoms with van der Waals surface area (Å²) >= 11 is 0. The molecule has 0 fully saturated rings. The van der Waals surface area contributed by atoms with E-state index in [0.717, 1.165) is 5.69 Å². The monoisotopic (exact) mass is 244 g/mol. The lowest BCUT2D eigenvalue weighted by Crippen LogP contribution is -2.07. The fraction of sp³-hybridized carbons (Fsp3) is 0.0769. The molecule has 0 aliphatic carbocycles. The minimum atomic E-state index is -0.947. The van der Waals surface area contributed by atoms with E-state index >= 15 is 0 Å². The number of aryl methyl sites for hydroxylation is 1. The lowest BCUT2D eigenvalue weighted by molar-refractivity contribution is 0.482. The predicted molar refractivity (Wildman–Crippen MR) is 64.3 cm³/mol. The minimum absolute atomic E-state index is 0.299. The van der Waals surface area contributed by atoms with Gasteiger partial charge in [0, 0.05) is 29.4 Å². The quantitative estimate of drug-likeness (QED) is 0.618. The van der Waals surface area contributed by atoms with Crippen molar-refractivity contribution in [2.24, 2.45) is 0 Å². The Morgan fingerprint density at radius 3 is 2.94 bits per heavy atom. The summed E-state index contributed by atoms with van der Waals surface area (Å²) in [5.41, 5.74) is 0.458.